The molecule has 0 bridgehead atoms. The average molecular weight is 214 g/mol. The fraction of sp³-hybridized carbons (Fsp3) is 0.750. The van der Waals surface area contributed by atoms with Crippen molar-refractivity contribution in [2.75, 3.05) is 13.2 Å². The van der Waals surface area contributed by atoms with E-state index in [1.165, 1.54) is 0 Å². The predicted molar refractivity (Wildman–Crippen MR) is 60.6 cm³/mol. The Morgan fingerprint density at radius 2 is 1.87 bits per heavy atom. The molecule has 1 atom stereocenters. The molecule has 0 rings (SSSR count). The maximum Gasteiger partial charge on any atom is 0.333 e. The highest BCUT2D eigenvalue weighted by atomic mass is 16.6. The van der Waals surface area contributed by atoms with E-state index < -0.39 is 0 Å². The number of hydrogen-bond acceptors (Lipinski definition) is 3. The van der Waals surface area contributed by atoms with Gasteiger partial charge in [-0.05, 0) is 19.3 Å². The smallest absolute Gasteiger partial charge is 0.333 e. The van der Waals surface area contributed by atoms with E-state index in [0.29, 0.717) is 12.2 Å². The van der Waals surface area contributed by atoms with Gasteiger partial charge >= 0.3 is 5.97 Å². The number of rotatable bonds is 5. The quantitative estimate of drug-likeness (QED) is 0.401. The lowest BCUT2D eigenvalue weighted by molar-refractivity contribution is -0.141. The van der Waals surface area contributed by atoms with Crippen LogP contribution in [0.2, 0.25) is 0 Å². The molecule has 0 aromatic heterocycles. The normalized spacial score (nSPS) is 13.4. The summed E-state index contributed by atoms with van der Waals surface area (Å²) in [5.74, 6) is -0.359. The van der Waals surface area contributed by atoms with Gasteiger partial charge in [0.25, 0.3) is 0 Å². The lowest BCUT2D eigenvalue weighted by atomic mass is 9.90. The van der Waals surface area contributed by atoms with Gasteiger partial charge in [-0.25, -0.2) is 4.79 Å². The third-order valence-corrected chi connectivity index (χ3v) is 2.25. The Kier molecular flexibility index (Phi) is 5.58. The third kappa shape index (κ3) is 6.28. The fourth-order valence-corrected chi connectivity index (χ4v) is 0.732. The van der Waals surface area contributed by atoms with Crippen LogP contribution in [-0.2, 0) is 14.3 Å². The minimum absolute atomic E-state index is 0.109. The average Bonchev–Trinajstić information content (AvgIpc) is 2.09. The molecule has 3 nitrogen and oxygen atoms in total. The minimum Gasteiger partial charge on any atom is -0.460 e. The van der Waals surface area contributed by atoms with E-state index >= 15 is 0 Å². The molecule has 1 unspecified atom stereocenters. The van der Waals surface area contributed by atoms with E-state index in [1.807, 2.05) is 6.92 Å². The second kappa shape index (κ2) is 5.91. The van der Waals surface area contributed by atoms with Crippen molar-refractivity contribution >= 4 is 5.97 Å². The molecule has 0 saturated carbocycles. The molecule has 0 saturated heterocycles. The van der Waals surface area contributed by atoms with E-state index in [9.17, 15) is 4.79 Å². The van der Waals surface area contributed by atoms with Gasteiger partial charge in [-0.3, -0.25) is 0 Å². The van der Waals surface area contributed by atoms with Gasteiger partial charge in [0.1, 0.15) is 6.61 Å². The molecule has 0 aliphatic heterocycles. The molecule has 0 fully saturated rings. The minimum atomic E-state index is -0.359. The highest BCUT2D eigenvalue weighted by Gasteiger charge is 2.20. The van der Waals surface area contributed by atoms with Gasteiger partial charge in [-0.15, -0.1) is 0 Å². The zero-order chi connectivity index (χ0) is 12.1. The first-order chi connectivity index (χ1) is 6.75. The molecular weight excluding hydrogens is 192 g/mol. The summed E-state index contributed by atoms with van der Waals surface area (Å²) in [6.07, 6.45) is 0.140. The maximum absolute atomic E-state index is 11.0. The Labute approximate surface area is 92.5 Å². The summed E-state index contributed by atoms with van der Waals surface area (Å²) >= 11 is 0. The Balaban J connectivity index is 3.64. The maximum atomic E-state index is 11.0. The highest BCUT2D eigenvalue weighted by Crippen LogP contribution is 2.21. The van der Waals surface area contributed by atoms with Crippen LogP contribution in [0.1, 0.15) is 34.6 Å². The molecule has 0 aromatic carbocycles. The Morgan fingerprint density at radius 3 is 2.27 bits per heavy atom. The first-order valence-electron chi connectivity index (χ1n) is 5.19. The van der Waals surface area contributed by atoms with Crippen LogP contribution in [0.25, 0.3) is 0 Å². The molecule has 88 valence electrons. The van der Waals surface area contributed by atoms with Gasteiger partial charge in [0, 0.05) is 5.57 Å². The van der Waals surface area contributed by atoms with E-state index in [0.717, 1.165) is 0 Å². The standard InChI is InChI=1S/C12H22O3/c1-9(2)11(13)15-8-7-14-10(3)12(4,5)6/h10H,1,7-8H2,2-6H3. The zero-order valence-corrected chi connectivity index (χ0v) is 10.4. The highest BCUT2D eigenvalue weighted by molar-refractivity contribution is 5.86. The summed E-state index contributed by atoms with van der Waals surface area (Å²) < 4.78 is 10.4. The monoisotopic (exact) mass is 214 g/mol. The Hall–Kier alpha value is -0.830. The SMILES string of the molecule is C=C(C)C(=O)OCCOC(C)C(C)(C)C. The number of carbonyl (C=O) groups is 1. The Morgan fingerprint density at radius 1 is 1.33 bits per heavy atom. The van der Waals surface area contributed by atoms with Crippen LogP contribution in [-0.4, -0.2) is 25.3 Å². The topological polar surface area (TPSA) is 35.5 Å². The number of ether oxygens (including phenoxy) is 2. The largest absolute Gasteiger partial charge is 0.460 e. The molecular formula is C12H22O3. The molecule has 0 heterocycles. The fourth-order valence-electron chi connectivity index (χ4n) is 0.732. The van der Waals surface area contributed by atoms with Crippen molar-refractivity contribution in [1.29, 1.82) is 0 Å². The summed E-state index contributed by atoms with van der Waals surface area (Å²) in [5.41, 5.74) is 0.525. The van der Waals surface area contributed by atoms with Crippen molar-refractivity contribution in [3.05, 3.63) is 12.2 Å². The van der Waals surface area contributed by atoms with Gasteiger partial charge in [-0.2, -0.15) is 0 Å². The van der Waals surface area contributed by atoms with Crippen molar-refractivity contribution in [1.82, 2.24) is 0 Å². The van der Waals surface area contributed by atoms with E-state index in [-0.39, 0.29) is 24.1 Å². The zero-order valence-electron chi connectivity index (χ0n) is 10.4. The van der Waals surface area contributed by atoms with Crippen LogP contribution < -0.4 is 0 Å². The van der Waals surface area contributed by atoms with Crippen LogP contribution in [0.5, 0.6) is 0 Å². The summed E-state index contributed by atoms with van der Waals surface area (Å²) in [6, 6.07) is 0. The van der Waals surface area contributed by atoms with Gasteiger partial charge in [0.05, 0.1) is 12.7 Å². The van der Waals surface area contributed by atoms with Crippen molar-refractivity contribution in [2.24, 2.45) is 5.41 Å². The second-order valence-electron chi connectivity index (χ2n) is 4.80. The van der Waals surface area contributed by atoms with Crippen LogP contribution in [0.3, 0.4) is 0 Å². The number of esters is 1. The van der Waals surface area contributed by atoms with Gasteiger partial charge < -0.3 is 9.47 Å². The van der Waals surface area contributed by atoms with Crippen LogP contribution in [0.4, 0.5) is 0 Å². The van der Waals surface area contributed by atoms with Gasteiger partial charge in [-0.1, -0.05) is 27.4 Å². The van der Waals surface area contributed by atoms with Crippen LogP contribution >= 0.6 is 0 Å². The van der Waals surface area contributed by atoms with Crippen molar-refractivity contribution < 1.29 is 14.3 Å². The first-order valence-corrected chi connectivity index (χ1v) is 5.19. The summed E-state index contributed by atoms with van der Waals surface area (Å²) in [4.78, 5) is 11.0. The molecule has 0 aliphatic rings. The Bertz CT molecular complexity index is 226. The lowest BCUT2D eigenvalue weighted by Gasteiger charge is -2.27. The molecule has 0 N–H and O–H groups in total. The molecule has 3 heteroatoms. The second-order valence-corrected chi connectivity index (χ2v) is 4.80. The van der Waals surface area contributed by atoms with Crippen molar-refractivity contribution in [2.45, 2.75) is 40.7 Å². The molecule has 0 radical (unpaired) electrons. The number of hydrogen-bond donors (Lipinski definition) is 0. The van der Waals surface area contributed by atoms with E-state index in [2.05, 4.69) is 27.4 Å². The lowest BCUT2D eigenvalue weighted by Crippen LogP contribution is -2.27. The molecule has 0 aliphatic carbocycles. The molecule has 0 aromatic rings. The van der Waals surface area contributed by atoms with Crippen LogP contribution in [0, 0.1) is 5.41 Å². The number of carbonyl (C=O) groups excluding carboxylic acids is 1. The molecule has 0 spiro atoms. The molecule has 0 amide bonds. The predicted octanol–water partition coefficient (Wildman–Crippen LogP) is 2.56. The van der Waals surface area contributed by atoms with E-state index in [4.69, 9.17) is 9.47 Å². The molecule has 15 heavy (non-hydrogen) atoms. The van der Waals surface area contributed by atoms with Crippen LogP contribution in [0.15, 0.2) is 12.2 Å². The van der Waals surface area contributed by atoms with Gasteiger partial charge in [0.2, 0.25) is 0 Å². The summed E-state index contributed by atoms with van der Waals surface area (Å²) in [5, 5.41) is 0. The summed E-state index contributed by atoms with van der Waals surface area (Å²) in [6.45, 7) is 14.2. The summed E-state index contributed by atoms with van der Waals surface area (Å²) in [7, 11) is 0. The van der Waals surface area contributed by atoms with E-state index in [1.54, 1.807) is 6.92 Å². The van der Waals surface area contributed by atoms with Gasteiger partial charge in [0.15, 0.2) is 0 Å². The van der Waals surface area contributed by atoms with Crippen molar-refractivity contribution in [3.63, 3.8) is 0 Å². The third-order valence-electron chi connectivity index (χ3n) is 2.25. The van der Waals surface area contributed by atoms with Crippen molar-refractivity contribution in [3.8, 4) is 0 Å². The first kappa shape index (κ1) is 14.2.